The number of nitrogens with one attached hydrogen (secondary N) is 1. The molecule has 0 saturated heterocycles. The van der Waals surface area contributed by atoms with Crippen LogP contribution in [-0.2, 0) is 10.0 Å². The van der Waals surface area contributed by atoms with Crippen molar-refractivity contribution in [2.24, 2.45) is 5.92 Å². The van der Waals surface area contributed by atoms with Crippen molar-refractivity contribution in [2.45, 2.75) is 37.0 Å². The summed E-state index contributed by atoms with van der Waals surface area (Å²) in [4.78, 5) is 0.189. The minimum absolute atomic E-state index is 0.0766. The summed E-state index contributed by atoms with van der Waals surface area (Å²) in [7, 11) is -3.60. The van der Waals surface area contributed by atoms with Gasteiger partial charge in [0.2, 0.25) is 10.0 Å². The first-order chi connectivity index (χ1) is 10.3. The van der Waals surface area contributed by atoms with Crippen LogP contribution < -0.4 is 9.46 Å². The Labute approximate surface area is 137 Å². The molecule has 5 nitrogen and oxygen atoms in total. The highest BCUT2D eigenvalue weighted by Gasteiger charge is 2.22. The van der Waals surface area contributed by atoms with E-state index in [1.807, 2.05) is 20.1 Å². The number of aliphatic hydroxyl groups is 1. The average Bonchev–Trinajstić information content (AvgIpc) is 2.46. The van der Waals surface area contributed by atoms with Gasteiger partial charge in [0.1, 0.15) is 5.75 Å². The van der Waals surface area contributed by atoms with Crippen molar-refractivity contribution in [1.82, 2.24) is 4.72 Å². The second-order valence-electron chi connectivity index (χ2n) is 5.54. The minimum Gasteiger partial charge on any atom is -0.493 e. The van der Waals surface area contributed by atoms with E-state index in [1.54, 1.807) is 19.1 Å². The zero-order valence-electron chi connectivity index (χ0n) is 13.4. The van der Waals surface area contributed by atoms with Crippen molar-refractivity contribution in [3.05, 3.63) is 24.3 Å². The lowest BCUT2D eigenvalue weighted by atomic mass is 10.2. The molecule has 1 aromatic carbocycles. The molecular weight excluding hydrogens is 322 g/mol. The van der Waals surface area contributed by atoms with Crippen molar-refractivity contribution in [3.8, 4) is 5.75 Å². The first-order valence-electron chi connectivity index (χ1n) is 7.19. The Kier molecular flexibility index (Phi) is 7.68. The molecule has 0 heterocycles. The number of hydrogen-bond acceptors (Lipinski definition) is 5. The van der Waals surface area contributed by atoms with Crippen LogP contribution in [0.4, 0.5) is 0 Å². The van der Waals surface area contributed by atoms with Crippen LogP contribution in [0.25, 0.3) is 0 Å². The van der Waals surface area contributed by atoms with Crippen molar-refractivity contribution in [3.63, 3.8) is 0 Å². The Morgan fingerprint density at radius 1 is 1.23 bits per heavy atom. The third-order valence-electron chi connectivity index (χ3n) is 3.10. The Bertz CT molecular complexity index is 539. The first-order valence-corrected chi connectivity index (χ1v) is 9.96. The third-order valence-corrected chi connectivity index (χ3v) is 5.84. The fraction of sp³-hybridized carbons (Fsp3) is 0.600. The average molecular weight is 348 g/mol. The number of sulfonamides is 1. The highest BCUT2D eigenvalue weighted by atomic mass is 32.2. The van der Waals surface area contributed by atoms with Crippen LogP contribution in [-0.4, -0.2) is 44.3 Å². The first kappa shape index (κ1) is 19.3. The van der Waals surface area contributed by atoms with Gasteiger partial charge in [-0.1, -0.05) is 13.8 Å². The molecule has 0 spiro atoms. The summed E-state index contributed by atoms with van der Waals surface area (Å²) in [5.74, 6) is 1.06. The van der Waals surface area contributed by atoms with E-state index in [9.17, 15) is 13.5 Å². The van der Waals surface area contributed by atoms with Gasteiger partial charge in [-0.2, -0.15) is 11.8 Å². The van der Waals surface area contributed by atoms with E-state index in [2.05, 4.69) is 4.72 Å². The minimum atomic E-state index is -3.60. The molecule has 2 unspecified atom stereocenters. The number of ether oxygens (including phenoxy) is 1. The van der Waals surface area contributed by atoms with E-state index in [0.717, 1.165) is 0 Å². The maximum absolute atomic E-state index is 12.3. The van der Waals surface area contributed by atoms with Crippen LogP contribution in [0.2, 0.25) is 0 Å². The largest absolute Gasteiger partial charge is 0.493 e. The van der Waals surface area contributed by atoms with Gasteiger partial charge < -0.3 is 9.84 Å². The summed E-state index contributed by atoms with van der Waals surface area (Å²) in [6, 6.07) is 6.00. The van der Waals surface area contributed by atoms with Crippen molar-refractivity contribution < 1.29 is 18.3 Å². The molecule has 0 saturated carbocycles. The van der Waals surface area contributed by atoms with Gasteiger partial charge in [-0.25, -0.2) is 13.1 Å². The van der Waals surface area contributed by atoms with E-state index in [1.165, 1.54) is 23.9 Å². The fourth-order valence-corrected chi connectivity index (χ4v) is 3.80. The number of benzene rings is 1. The quantitative estimate of drug-likeness (QED) is 0.715. The van der Waals surface area contributed by atoms with Gasteiger partial charge in [0.05, 0.1) is 18.1 Å². The predicted molar refractivity (Wildman–Crippen MR) is 90.9 cm³/mol. The molecule has 0 amide bonds. The predicted octanol–water partition coefficient (Wildman–Crippen LogP) is 2.11. The molecule has 0 aliphatic heterocycles. The van der Waals surface area contributed by atoms with Crippen molar-refractivity contribution in [1.29, 1.82) is 0 Å². The monoisotopic (exact) mass is 347 g/mol. The summed E-state index contributed by atoms with van der Waals surface area (Å²) in [5.41, 5.74) is 0. The molecule has 2 N–H and O–H groups in total. The van der Waals surface area contributed by atoms with Crippen molar-refractivity contribution in [2.75, 3.05) is 19.5 Å². The summed E-state index contributed by atoms with van der Waals surface area (Å²) < 4.78 is 32.8. The van der Waals surface area contributed by atoms with Gasteiger partial charge in [-0.3, -0.25) is 0 Å². The molecule has 1 rings (SSSR count). The molecule has 2 atom stereocenters. The number of hydrogen-bond donors (Lipinski definition) is 2. The number of thioether (sulfide) groups is 1. The summed E-state index contributed by atoms with van der Waals surface area (Å²) in [6.45, 7) is 6.36. The zero-order valence-corrected chi connectivity index (χ0v) is 15.1. The highest BCUT2D eigenvalue weighted by molar-refractivity contribution is 7.99. The maximum Gasteiger partial charge on any atom is 0.240 e. The topological polar surface area (TPSA) is 75.6 Å². The number of rotatable bonds is 9. The molecule has 0 aromatic heterocycles. The van der Waals surface area contributed by atoms with E-state index in [0.29, 0.717) is 18.3 Å². The normalized spacial score (nSPS) is 14.8. The zero-order chi connectivity index (χ0) is 16.8. The molecule has 0 fully saturated rings. The molecule has 7 heteroatoms. The van der Waals surface area contributed by atoms with Gasteiger partial charge in [0, 0.05) is 11.3 Å². The second kappa shape index (κ2) is 8.76. The van der Waals surface area contributed by atoms with Gasteiger partial charge in [0.15, 0.2) is 0 Å². The van der Waals surface area contributed by atoms with Crippen LogP contribution in [0.15, 0.2) is 29.2 Å². The van der Waals surface area contributed by atoms with Gasteiger partial charge in [-0.15, -0.1) is 0 Å². The fourth-order valence-electron chi connectivity index (χ4n) is 1.80. The van der Waals surface area contributed by atoms with Crippen LogP contribution in [0.3, 0.4) is 0 Å². The van der Waals surface area contributed by atoms with Gasteiger partial charge in [0.25, 0.3) is 0 Å². The second-order valence-corrected chi connectivity index (χ2v) is 8.33. The Morgan fingerprint density at radius 2 is 1.82 bits per heavy atom. The molecule has 0 aliphatic carbocycles. The summed E-state index contributed by atoms with van der Waals surface area (Å²) >= 11 is 1.43. The van der Waals surface area contributed by atoms with E-state index < -0.39 is 10.0 Å². The van der Waals surface area contributed by atoms with Gasteiger partial charge >= 0.3 is 0 Å². The lowest BCUT2D eigenvalue weighted by Crippen LogP contribution is -2.41. The third kappa shape index (κ3) is 5.79. The standard InChI is InChI=1S/C15H25NO4S2/c1-11(2)10-20-13-5-7-14(8-6-13)22(18,19)16-12(3)15(9-17)21-4/h5-8,11-12,15-17H,9-10H2,1-4H3. The highest BCUT2D eigenvalue weighted by Crippen LogP contribution is 2.18. The molecule has 0 radical (unpaired) electrons. The lowest BCUT2D eigenvalue weighted by molar-refractivity contribution is 0.271. The Balaban J connectivity index is 2.77. The Morgan fingerprint density at radius 3 is 2.27 bits per heavy atom. The smallest absolute Gasteiger partial charge is 0.240 e. The SMILES string of the molecule is CSC(CO)C(C)NS(=O)(=O)c1ccc(OCC(C)C)cc1. The van der Waals surface area contributed by atoms with E-state index in [-0.39, 0.29) is 22.8 Å². The maximum atomic E-state index is 12.3. The van der Waals surface area contributed by atoms with Crippen LogP contribution in [0, 0.1) is 5.92 Å². The molecule has 1 aromatic rings. The summed E-state index contributed by atoms with van der Waals surface area (Å²) in [6.07, 6.45) is 1.84. The molecule has 22 heavy (non-hydrogen) atoms. The Hall–Kier alpha value is -0.760. The number of aliphatic hydroxyl groups excluding tert-OH is 1. The van der Waals surface area contributed by atoms with Crippen LogP contribution in [0.5, 0.6) is 5.75 Å². The molecule has 126 valence electrons. The van der Waals surface area contributed by atoms with Crippen LogP contribution in [0.1, 0.15) is 20.8 Å². The van der Waals surface area contributed by atoms with Crippen LogP contribution >= 0.6 is 11.8 Å². The molecular formula is C15H25NO4S2. The van der Waals surface area contributed by atoms with E-state index >= 15 is 0 Å². The molecule has 0 aliphatic rings. The lowest BCUT2D eigenvalue weighted by Gasteiger charge is -2.21. The van der Waals surface area contributed by atoms with Crippen molar-refractivity contribution >= 4 is 21.8 Å². The van der Waals surface area contributed by atoms with Gasteiger partial charge in [-0.05, 0) is 43.4 Å². The summed E-state index contributed by atoms with van der Waals surface area (Å²) in [5, 5.41) is 9.05. The van der Waals surface area contributed by atoms with E-state index in [4.69, 9.17) is 4.74 Å². The molecule has 0 bridgehead atoms.